The second-order valence-corrected chi connectivity index (χ2v) is 5.14. The molecule has 0 aromatic heterocycles. The van der Waals surface area contributed by atoms with Crippen LogP contribution in [0, 0.1) is 6.92 Å². The van der Waals surface area contributed by atoms with Gasteiger partial charge in [-0.3, -0.25) is 4.79 Å². The highest BCUT2D eigenvalue weighted by atomic mass is 16.1. The molecule has 3 nitrogen and oxygen atoms in total. The number of benzene rings is 1. The summed E-state index contributed by atoms with van der Waals surface area (Å²) in [6.45, 7) is 3.23. The van der Waals surface area contributed by atoms with Gasteiger partial charge in [0.1, 0.15) is 0 Å². The third kappa shape index (κ3) is 4.15. The summed E-state index contributed by atoms with van der Waals surface area (Å²) in [6, 6.07) is 8.79. The molecule has 0 aliphatic heterocycles. The van der Waals surface area contributed by atoms with Crippen LogP contribution >= 0.6 is 0 Å². The first kappa shape index (κ1) is 13.1. The van der Waals surface area contributed by atoms with Crippen LogP contribution in [0.5, 0.6) is 0 Å². The van der Waals surface area contributed by atoms with Crippen molar-refractivity contribution in [3.63, 3.8) is 0 Å². The highest BCUT2D eigenvalue weighted by Gasteiger charge is 2.16. The average Bonchev–Trinajstić information content (AvgIpc) is 2.84. The van der Waals surface area contributed by atoms with E-state index in [9.17, 15) is 4.79 Å². The number of amides is 1. The molecule has 2 rings (SSSR count). The van der Waals surface area contributed by atoms with Crippen molar-refractivity contribution in [1.82, 2.24) is 10.6 Å². The van der Waals surface area contributed by atoms with Gasteiger partial charge in [-0.2, -0.15) is 0 Å². The molecule has 1 aromatic rings. The van der Waals surface area contributed by atoms with Crippen LogP contribution in [0.15, 0.2) is 24.3 Å². The zero-order valence-electron chi connectivity index (χ0n) is 11.0. The average molecular weight is 246 g/mol. The fraction of sp³-hybridized carbons (Fsp3) is 0.533. The normalized spacial score (nSPS) is 15.8. The van der Waals surface area contributed by atoms with Crippen molar-refractivity contribution in [2.45, 2.75) is 45.2 Å². The number of carbonyl (C=O) groups is 1. The molecule has 98 valence electrons. The first-order valence-corrected chi connectivity index (χ1v) is 6.79. The Morgan fingerprint density at radius 3 is 2.56 bits per heavy atom. The van der Waals surface area contributed by atoms with Gasteiger partial charge in [0.15, 0.2) is 0 Å². The Hall–Kier alpha value is -1.35. The second-order valence-electron chi connectivity index (χ2n) is 5.14. The largest absolute Gasteiger partial charge is 0.352 e. The molecule has 3 heteroatoms. The topological polar surface area (TPSA) is 41.1 Å². The number of hydrogen-bond donors (Lipinski definition) is 2. The highest BCUT2D eigenvalue weighted by Crippen LogP contribution is 2.17. The van der Waals surface area contributed by atoms with Crippen LogP contribution in [0.2, 0.25) is 0 Å². The molecule has 0 radical (unpaired) electrons. The van der Waals surface area contributed by atoms with Crippen molar-refractivity contribution < 1.29 is 4.79 Å². The number of aryl methyl sites for hydroxylation is 1. The lowest BCUT2D eigenvalue weighted by Crippen LogP contribution is -2.38. The van der Waals surface area contributed by atoms with Crippen LogP contribution < -0.4 is 10.6 Å². The van der Waals surface area contributed by atoms with Crippen LogP contribution in [0.1, 0.15) is 36.8 Å². The molecule has 2 N–H and O–H groups in total. The number of rotatable bonds is 5. The van der Waals surface area contributed by atoms with Crippen molar-refractivity contribution in [2.75, 3.05) is 6.54 Å². The van der Waals surface area contributed by atoms with E-state index < -0.39 is 0 Å². The number of hydrogen-bond acceptors (Lipinski definition) is 2. The van der Waals surface area contributed by atoms with Gasteiger partial charge in [-0.15, -0.1) is 0 Å². The second kappa shape index (κ2) is 6.55. The van der Waals surface area contributed by atoms with Crippen LogP contribution in [0.25, 0.3) is 0 Å². The monoisotopic (exact) mass is 246 g/mol. The molecule has 0 bridgehead atoms. The Morgan fingerprint density at radius 1 is 1.22 bits per heavy atom. The molecule has 1 aliphatic rings. The predicted molar refractivity (Wildman–Crippen MR) is 73.3 cm³/mol. The van der Waals surface area contributed by atoms with Gasteiger partial charge in [0.25, 0.3) is 0 Å². The summed E-state index contributed by atoms with van der Waals surface area (Å²) in [4.78, 5) is 11.7. The van der Waals surface area contributed by atoms with Gasteiger partial charge in [0.2, 0.25) is 5.91 Å². The summed E-state index contributed by atoms with van der Waals surface area (Å²) in [5, 5.41) is 6.26. The molecule has 0 atom stereocenters. The van der Waals surface area contributed by atoms with E-state index in [4.69, 9.17) is 0 Å². The van der Waals surface area contributed by atoms with Crippen LogP contribution in [0.3, 0.4) is 0 Å². The van der Waals surface area contributed by atoms with Crippen LogP contribution in [-0.4, -0.2) is 18.5 Å². The Morgan fingerprint density at radius 2 is 1.89 bits per heavy atom. The van der Waals surface area contributed by atoms with E-state index in [1.807, 2.05) is 0 Å². The minimum absolute atomic E-state index is 0.119. The smallest absolute Gasteiger partial charge is 0.234 e. The molecule has 0 spiro atoms. The van der Waals surface area contributed by atoms with E-state index in [2.05, 4.69) is 41.8 Å². The SMILES string of the molecule is Cc1ccc(CNCC(=O)NC2CCCC2)cc1. The fourth-order valence-electron chi connectivity index (χ4n) is 2.38. The first-order valence-electron chi connectivity index (χ1n) is 6.79. The van der Waals surface area contributed by atoms with Gasteiger partial charge in [-0.05, 0) is 25.3 Å². The van der Waals surface area contributed by atoms with Gasteiger partial charge in [0.05, 0.1) is 6.54 Å². The molecule has 18 heavy (non-hydrogen) atoms. The fourth-order valence-corrected chi connectivity index (χ4v) is 2.38. The molecule has 0 heterocycles. The summed E-state index contributed by atoms with van der Waals surface area (Å²) in [5.74, 6) is 0.119. The van der Waals surface area contributed by atoms with Crippen molar-refractivity contribution in [2.24, 2.45) is 0 Å². The molecule has 0 saturated heterocycles. The van der Waals surface area contributed by atoms with E-state index in [-0.39, 0.29) is 5.91 Å². The molecule has 0 unspecified atom stereocenters. The predicted octanol–water partition coefficient (Wildman–Crippen LogP) is 2.14. The van der Waals surface area contributed by atoms with E-state index >= 15 is 0 Å². The van der Waals surface area contributed by atoms with Gasteiger partial charge < -0.3 is 10.6 Å². The number of nitrogens with one attached hydrogen (secondary N) is 2. The third-order valence-corrected chi connectivity index (χ3v) is 3.46. The maximum atomic E-state index is 11.7. The minimum Gasteiger partial charge on any atom is -0.352 e. The van der Waals surface area contributed by atoms with Crippen LogP contribution in [0.4, 0.5) is 0 Å². The lowest BCUT2D eigenvalue weighted by atomic mass is 10.1. The van der Waals surface area contributed by atoms with Crippen molar-refractivity contribution >= 4 is 5.91 Å². The van der Waals surface area contributed by atoms with Crippen molar-refractivity contribution in [3.05, 3.63) is 35.4 Å². The summed E-state index contributed by atoms with van der Waals surface area (Å²) in [7, 11) is 0. The molecular formula is C15H22N2O. The quantitative estimate of drug-likeness (QED) is 0.835. The first-order chi connectivity index (χ1) is 8.74. The molecule has 1 saturated carbocycles. The van der Waals surface area contributed by atoms with Gasteiger partial charge in [-0.25, -0.2) is 0 Å². The van der Waals surface area contributed by atoms with E-state index in [1.165, 1.54) is 24.0 Å². The lowest BCUT2D eigenvalue weighted by molar-refractivity contribution is -0.120. The van der Waals surface area contributed by atoms with Crippen molar-refractivity contribution in [3.8, 4) is 0 Å². The zero-order chi connectivity index (χ0) is 12.8. The molecule has 1 fully saturated rings. The summed E-state index contributed by atoms with van der Waals surface area (Å²) < 4.78 is 0. The number of carbonyl (C=O) groups excluding carboxylic acids is 1. The summed E-state index contributed by atoms with van der Waals surface area (Å²) in [6.07, 6.45) is 4.79. The zero-order valence-corrected chi connectivity index (χ0v) is 11.0. The summed E-state index contributed by atoms with van der Waals surface area (Å²) in [5.41, 5.74) is 2.48. The maximum absolute atomic E-state index is 11.7. The molecule has 1 aliphatic carbocycles. The van der Waals surface area contributed by atoms with Gasteiger partial charge in [-0.1, -0.05) is 42.7 Å². The van der Waals surface area contributed by atoms with E-state index in [0.717, 1.165) is 19.4 Å². The van der Waals surface area contributed by atoms with Gasteiger partial charge >= 0.3 is 0 Å². The summed E-state index contributed by atoms with van der Waals surface area (Å²) >= 11 is 0. The van der Waals surface area contributed by atoms with E-state index in [0.29, 0.717) is 12.6 Å². The Balaban J connectivity index is 1.65. The molecular weight excluding hydrogens is 224 g/mol. The van der Waals surface area contributed by atoms with Crippen molar-refractivity contribution in [1.29, 1.82) is 0 Å². The Kier molecular flexibility index (Phi) is 4.76. The molecule has 1 amide bonds. The lowest BCUT2D eigenvalue weighted by Gasteiger charge is -2.12. The third-order valence-electron chi connectivity index (χ3n) is 3.46. The maximum Gasteiger partial charge on any atom is 0.234 e. The Labute approximate surface area is 109 Å². The van der Waals surface area contributed by atoms with E-state index in [1.54, 1.807) is 0 Å². The molecule has 1 aromatic carbocycles. The highest BCUT2D eigenvalue weighted by molar-refractivity contribution is 5.78. The Bertz CT molecular complexity index is 380. The standard InChI is InChI=1S/C15H22N2O/c1-12-6-8-13(9-7-12)10-16-11-15(18)17-14-4-2-3-5-14/h6-9,14,16H,2-5,10-11H2,1H3,(H,17,18). The van der Waals surface area contributed by atoms with Crippen LogP contribution in [-0.2, 0) is 11.3 Å². The minimum atomic E-state index is 0.119. The van der Waals surface area contributed by atoms with Gasteiger partial charge in [0, 0.05) is 12.6 Å².